The molecule has 0 radical (unpaired) electrons. The van der Waals surface area contributed by atoms with E-state index in [-0.39, 0.29) is 16.7 Å². The average Bonchev–Trinajstić information content (AvgIpc) is 2.36. The van der Waals surface area contributed by atoms with Crippen molar-refractivity contribution in [3.05, 3.63) is 39.9 Å². The molecule has 0 amide bonds. The molecule has 5 heteroatoms. The molecule has 0 bridgehead atoms. The fraction of sp³-hybridized carbons (Fsp3) is 0.538. The molecule has 0 fully saturated rings. The van der Waals surface area contributed by atoms with Crippen molar-refractivity contribution in [2.24, 2.45) is 0 Å². The molecule has 0 saturated heterocycles. The van der Waals surface area contributed by atoms with Crippen molar-refractivity contribution in [3.63, 3.8) is 0 Å². The van der Waals surface area contributed by atoms with Crippen LogP contribution in [0.15, 0.2) is 24.3 Å². The Bertz CT molecular complexity index is 382. The summed E-state index contributed by atoms with van der Waals surface area (Å²) in [7, 11) is 1.64. The van der Waals surface area contributed by atoms with Gasteiger partial charge in [-0.1, -0.05) is 25.1 Å². The van der Waals surface area contributed by atoms with E-state index in [9.17, 15) is 10.1 Å². The van der Waals surface area contributed by atoms with Crippen LogP contribution >= 0.6 is 0 Å². The SMILES string of the molecule is CCCNC(COC)Cc1ccccc1[N+](=O)[O-]. The van der Waals surface area contributed by atoms with Crippen LogP contribution in [0.3, 0.4) is 0 Å². The van der Waals surface area contributed by atoms with Gasteiger partial charge in [-0.3, -0.25) is 10.1 Å². The number of hydrogen-bond donors (Lipinski definition) is 1. The highest BCUT2D eigenvalue weighted by Gasteiger charge is 2.16. The van der Waals surface area contributed by atoms with Gasteiger partial charge in [0.25, 0.3) is 5.69 Å². The van der Waals surface area contributed by atoms with Gasteiger partial charge in [0.1, 0.15) is 0 Å². The third kappa shape index (κ3) is 4.43. The van der Waals surface area contributed by atoms with E-state index >= 15 is 0 Å². The largest absolute Gasteiger partial charge is 0.383 e. The topological polar surface area (TPSA) is 64.4 Å². The first kappa shape index (κ1) is 14.6. The lowest BCUT2D eigenvalue weighted by atomic mass is 10.0. The Balaban J connectivity index is 2.76. The van der Waals surface area contributed by atoms with Crippen LogP contribution in [0, 0.1) is 10.1 Å². The maximum atomic E-state index is 10.9. The molecule has 0 spiro atoms. The number of hydrogen-bond acceptors (Lipinski definition) is 4. The highest BCUT2D eigenvalue weighted by Crippen LogP contribution is 2.19. The number of nitro groups is 1. The van der Waals surface area contributed by atoms with Gasteiger partial charge in [-0.2, -0.15) is 0 Å². The molecule has 1 aromatic carbocycles. The molecule has 0 aliphatic rings. The van der Waals surface area contributed by atoms with Crippen LogP contribution < -0.4 is 5.32 Å². The first-order valence-electron chi connectivity index (χ1n) is 6.13. The van der Waals surface area contributed by atoms with Crippen LogP contribution in [0.25, 0.3) is 0 Å². The van der Waals surface area contributed by atoms with Gasteiger partial charge >= 0.3 is 0 Å². The number of para-hydroxylation sites is 1. The summed E-state index contributed by atoms with van der Waals surface area (Å²) in [5.74, 6) is 0. The number of benzene rings is 1. The van der Waals surface area contributed by atoms with E-state index in [2.05, 4.69) is 12.2 Å². The van der Waals surface area contributed by atoms with Crippen LogP contribution in [-0.2, 0) is 11.2 Å². The summed E-state index contributed by atoms with van der Waals surface area (Å²) < 4.78 is 5.14. The van der Waals surface area contributed by atoms with Gasteiger partial charge in [-0.15, -0.1) is 0 Å². The fourth-order valence-corrected chi connectivity index (χ4v) is 1.87. The quantitative estimate of drug-likeness (QED) is 0.568. The molecule has 1 rings (SSSR count). The molecule has 1 atom stereocenters. The van der Waals surface area contributed by atoms with Crippen molar-refractivity contribution in [1.29, 1.82) is 0 Å². The zero-order chi connectivity index (χ0) is 13.4. The third-order valence-electron chi connectivity index (χ3n) is 2.71. The Kier molecular flexibility index (Phi) is 6.32. The van der Waals surface area contributed by atoms with E-state index in [0.717, 1.165) is 18.5 Å². The highest BCUT2D eigenvalue weighted by atomic mass is 16.6. The summed E-state index contributed by atoms with van der Waals surface area (Å²) >= 11 is 0. The maximum Gasteiger partial charge on any atom is 0.272 e. The van der Waals surface area contributed by atoms with Gasteiger partial charge in [-0.05, 0) is 19.4 Å². The maximum absolute atomic E-state index is 10.9. The average molecular weight is 252 g/mol. The zero-order valence-corrected chi connectivity index (χ0v) is 10.9. The van der Waals surface area contributed by atoms with E-state index in [1.54, 1.807) is 25.3 Å². The number of nitrogens with one attached hydrogen (secondary N) is 1. The van der Waals surface area contributed by atoms with Crippen molar-refractivity contribution >= 4 is 5.69 Å². The lowest BCUT2D eigenvalue weighted by Gasteiger charge is -2.17. The predicted molar refractivity (Wildman–Crippen MR) is 70.8 cm³/mol. The minimum atomic E-state index is -0.334. The molecule has 0 aliphatic heterocycles. The molecule has 0 heterocycles. The number of rotatable bonds is 8. The van der Waals surface area contributed by atoms with E-state index in [1.807, 2.05) is 6.07 Å². The number of ether oxygens (including phenoxy) is 1. The van der Waals surface area contributed by atoms with E-state index < -0.39 is 0 Å². The normalized spacial score (nSPS) is 12.3. The second-order valence-corrected chi connectivity index (χ2v) is 4.20. The Labute approximate surface area is 107 Å². The Morgan fingerprint density at radius 2 is 2.17 bits per heavy atom. The van der Waals surface area contributed by atoms with Gasteiger partial charge in [0.2, 0.25) is 0 Å². The molecule has 100 valence electrons. The Morgan fingerprint density at radius 1 is 1.44 bits per heavy atom. The molecule has 1 unspecified atom stereocenters. The van der Waals surface area contributed by atoms with Gasteiger partial charge in [0.05, 0.1) is 11.5 Å². The van der Waals surface area contributed by atoms with Crippen molar-refractivity contribution < 1.29 is 9.66 Å². The number of nitro benzene ring substituents is 1. The van der Waals surface area contributed by atoms with Gasteiger partial charge in [0, 0.05) is 24.8 Å². The minimum absolute atomic E-state index is 0.107. The van der Waals surface area contributed by atoms with Crippen molar-refractivity contribution in [2.45, 2.75) is 25.8 Å². The molecule has 5 nitrogen and oxygen atoms in total. The summed E-state index contributed by atoms with van der Waals surface area (Å²) in [6.45, 7) is 3.52. The van der Waals surface area contributed by atoms with Crippen molar-refractivity contribution in [3.8, 4) is 0 Å². The summed E-state index contributed by atoms with van der Waals surface area (Å²) in [4.78, 5) is 10.6. The van der Waals surface area contributed by atoms with Gasteiger partial charge < -0.3 is 10.1 Å². The van der Waals surface area contributed by atoms with Gasteiger partial charge in [0.15, 0.2) is 0 Å². The summed E-state index contributed by atoms with van der Waals surface area (Å²) in [5.41, 5.74) is 0.921. The first-order chi connectivity index (χ1) is 8.69. The van der Waals surface area contributed by atoms with Crippen LogP contribution in [0.1, 0.15) is 18.9 Å². The summed E-state index contributed by atoms with van der Waals surface area (Å²) in [6.07, 6.45) is 1.63. The van der Waals surface area contributed by atoms with Crippen LogP contribution in [0.4, 0.5) is 5.69 Å². The Hall–Kier alpha value is -1.46. The van der Waals surface area contributed by atoms with Crippen LogP contribution in [0.2, 0.25) is 0 Å². The molecule has 18 heavy (non-hydrogen) atoms. The number of methoxy groups -OCH3 is 1. The van der Waals surface area contributed by atoms with Crippen LogP contribution in [0.5, 0.6) is 0 Å². The van der Waals surface area contributed by atoms with Crippen LogP contribution in [-0.4, -0.2) is 31.2 Å². The molecular formula is C13H20N2O3. The molecule has 1 N–H and O–H groups in total. The Morgan fingerprint density at radius 3 is 2.78 bits per heavy atom. The van der Waals surface area contributed by atoms with E-state index in [4.69, 9.17) is 4.74 Å². The number of nitrogens with zero attached hydrogens (tertiary/aromatic N) is 1. The van der Waals surface area contributed by atoms with Gasteiger partial charge in [-0.25, -0.2) is 0 Å². The second-order valence-electron chi connectivity index (χ2n) is 4.20. The lowest BCUT2D eigenvalue weighted by Crippen LogP contribution is -2.35. The third-order valence-corrected chi connectivity index (χ3v) is 2.71. The first-order valence-corrected chi connectivity index (χ1v) is 6.13. The summed E-state index contributed by atoms with van der Waals surface area (Å²) in [5, 5.41) is 14.3. The van der Waals surface area contributed by atoms with E-state index in [0.29, 0.717) is 13.0 Å². The molecule has 0 saturated carbocycles. The zero-order valence-electron chi connectivity index (χ0n) is 10.9. The monoisotopic (exact) mass is 252 g/mol. The molecule has 0 aromatic heterocycles. The standard InChI is InChI=1S/C13H20N2O3/c1-3-8-14-12(10-18-2)9-11-6-4-5-7-13(11)15(16)17/h4-7,12,14H,3,8-10H2,1-2H3. The lowest BCUT2D eigenvalue weighted by molar-refractivity contribution is -0.385. The molecule has 1 aromatic rings. The predicted octanol–water partition coefficient (Wildman–Crippen LogP) is 2.15. The smallest absolute Gasteiger partial charge is 0.272 e. The fourth-order valence-electron chi connectivity index (χ4n) is 1.87. The minimum Gasteiger partial charge on any atom is -0.383 e. The van der Waals surface area contributed by atoms with Crippen molar-refractivity contribution in [2.75, 3.05) is 20.3 Å². The van der Waals surface area contributed by atoms with Crippen molar-refractivity contribution in [1.82, 2.24) is 5.32 Å². The second kappa shape index (κ2) is 7.79. The summed E-state index contributed by atoms with van der Waals surface area (Å²) in [6, 6.07) is 6.96. The molecule has 0 aliphatic carbocycles. The highest BCUT2D eigenvalue weighted by molar-refractivity contribution is 5.40. The molecular weight excluding hydrogens is 232 g/mol. The van der Waals surface area contributed by atoms with E-state index in [1.165, 1.54) is 0 Å².